The molecule has 1 aliphatic rings. The van der Waals surface area contributed by atoms with E-state index >= 15 is 0 Å². The molecule has 0 saturated carbocycles. The maximum absolute atomic E-state index is 5.42. The highest BCUT2D eigenvalue weighted by molar-refractivity contribution is 5.46. The second kappa shape index (κ2) is 6.56. The number of rotatable bonds is 4. The van der Waals surface area contributed by atoms with Gasteiger partial charge in [0.25, 0.3) is 0 Å². The Hall–Kier alpha value is -2.11. The average Bonchev–Trinajstić information content (AvgIpc) is 2.56. The van der Waals surface area contributed by atoms with Crippen LogP contribution in [-0.2, 0) is 6.54 Å². The Bertz CT molecular complexity index is 564. The lowest BCUT2D eigenvalue weighted by Gasteiger charge is -2.35. The predicted molar refractivity (Wildman–Crippen MR) is 86.0 cm³/mol. The molecule has 1 saturated heterocycles. The summed E-state index contributed by atoms with van der Waals surface area (Å²) in [4.78, 5) is 9.29. The van der Waals surface area contributed by atoms with Gasteiger partial charge in [0.05, 0.1) is 0 Å². The Morgan fingerprint density at radius 3 is 2.43 bits per heavy atom. The quantitative estimate of drug-likeness (QED) is 0.660. The molecule has 3 N–H and O–H groups in total. The highest BCUT2D eigenvalue weighted by atomic mass is 15.3. The fraction of sp³-hybridized carbons (Fsp3) is 0.312. The standard InChI is InChI=1S/C16H21N5/c17-19-15-7-4-8-16(18-15)21-11-9-20(10-12-21)13-14-5-2-1-3-6-14/h1-8H,9-13,17H2,(H,18,19). The lowest BCUT2D eigenvalue weighted by molar-refractivity contribution is 0.249. The number of nitrogens with one attached hydrogen (secondary N) is 1. The maximum atomic E-state index is 5.42. The molecule has 0 radical (unpaired) electrons. The SMILES string of the molecule is NNc1cccc(N2CCN(Cc3ccccc3)CC2)n1. The Morgan fingerprint density at radius 2 is 1.71 bits per heavy atom. The summed E-state index contributed by atoms with van der Waals surface area (Å²) in [6.07, 6.45) is 0. The van der Waals surface area contributed by atoms with Crippen molar-refractivity contribution in [3.63, 3.8) is 0 Å². The van der Waals surface area contributed by atoms with E-state index in [1.54, 1.807) is 0 Å². The van der Waals surface area contributed by atoms with Crippen LogP contribution < -0.4 is 16.2 Å². The fourth-order valence-corrected chi connectivity index (χ4v) is 2.66. The molecule has 0 aliphatic carbocycles. The molecule has 1 aromatic heterocycles. The largest absolute Gasteiger partial charge is 0.354 e. The summed E-state index contributed by atoms with van der Waals surface area (Å²) in [7, 11) is 0. The van der Waals surface area contributed by atoms with Crippen molar-refractivity contribution in [2.75, 3.05) is 36.5 Å². The third kappa shape index (κ3) is 3.51. The number of nitrogens with zero attached hydrogens (tertiary/aromatic N) is 3. The number of aromatic nitrogens is 1. The number of anilines is 2. The van der Waals surface area contributed by atoms with E-state index in [1.807, 2.05) is 18.2 Å². The van der Waals surface area contributed by atoms with Crippen molar-refractivity contribution in [3.8, 4) is 0 Å². The van der Waals surface area contributed by atoms with E-state index in [1.165, 1.54) is 5.56 Å². The van der Waals surface area contributed by atoms with Gasteiger partial charge in [0, 0.05) is 32.7 Å². The van der Waals surface area contributed by atoms with Crippen LogP contribution in [0.3, 0.4) is 0 Å². The summed E-state index contributed by atoms with van der Waals surface area (Å²) in [6.45, 7) is 5.11. The van der Waals surface area contributed by atoms with Crippen LogP contribution in [0.5, 0.6) is 0 Å². The molecule has 5 heteroatoms. The summed E-state index contributed by atoms with van der Waals surface area (Å²) in [6, 6.07) is 16.5. The molecule has 1 fully saturated rings. The van der Waals surface area contributed by atoms with Crippen molar-refractivity contribution in [1.82, 2.24) is 9.88 Å². The van der Waals surface area contributed by atoms with Crippen LogP contribution in [0.25, 0.3) is 0 Å². The molecule has 21 heavy (non-hydrogen) atoms. The topological polar surface area (TPSA) is 57.4 Å². The van der Waals surface area contributed by atoms with Gasteiger partial charge < -0.3 is 10.3 Å². The van der Waals surface area contributed by atoms with Gasteiger partial charge in [-0.15, -0.1) is 0 Å². The first-order chi connectivity index (χ1) is 10.3. The van der Waals surface area contributed by atoms with Gasteiger partial charge in [0.2, 0.25) is 0 Å². The Balaban J connectivity index is 1.57. The number of benzene rings is 1. The first-order valence-electron chi connectivity index (χ1n) is 7.30. The summed E-state index contributed by atoms with van der Waals surface area (Å²) in [5, 5.41) is 0. The second-order valence-electron chi connectivity index (χ2n) is 5.27. The Kier molecular flexibility index (Phi) is 4.33. The van der Waals surface area contributed by atoms with Crippen molar-refractivity contribution in [2.24, 2.45) is 5.84 Å². The van der Waals surface area contributed by atoms with Gasteiger partial charge in [-0.05, 0) is 17.7 Å². The summed E-state index contributed by atoms with van der Waals surface area (Å²) >= 11 is 0. The minimum Gasteiger partial charge on any atom is -0.354 e. The molecular formula is C16H21N5. The molecule has 0 spiro atoms. The molecule has 2 heterocycles. The second-order valence-corrected chi connectivity index (χ2v) is 5.27. The number of pyridine rings is 1. The molecular weight excluding hydrogens is 262 g/mol. The van der Waals surface area contributed by atoms with Crippen LogP contribution in [-0.4, -0.2) is 36.1 Å². The maximum Gasteiger partial charge on any atom is 0.142 e. The van der Waals surface area contributed by atoms with Crippen LogP contribution in [0.15, 0.2) is 48.5 Å². The molecule has 0 atom stereocenters. The van der Waals surface area contributed by atoms with Crippen LogP contribution >= 0.6 is 0 Å². The molecule has 5 nitrogen and oxygen atoms in total. The molecule has 0 bridgehead atoms. The first kappa shape index (κ1) is 13.9. The van der Waals surface area contributed by atoms with Crippen molar-refractivity contribution < 1.29 is 0 Å². The Labute approximate surface area is 125 Å². The van der Waals surface area contributed by atoms with Crippen LogP contribution in [0.1, 0.15) is 5.56 Å². The summed E-state index contributed by atoms with van der Waals surface area (Å²) in [5.74, 6) is 7.12. The van der Waals surface area contributed by atoms with Gasteiger partial charge in [-0.25, -0.2) is 10.8 Å². The van der Waals surface area contributed by atoms with Gasteiger partial charge >= 0.3 is 0 Å². The van der Waals surface area contributed by atoms with E-state index in [9.17, 15) is 0 Å². The fourth-order valence-electron chi connectivity index (χ4n) is 2.66. The van der Waals surface area contributed by atoms with Crippen molar-refractivity contribution >= 4 is 11.6 Å². The van der Waals surface area contributed by atoms with Crippen molar-refractivity contribution in [1.29, 1.82) is 0 Å². The highest BCUT2D eigenvalue weighted by Gasteiger charge is 2.18. The number of hydrogen-bond donors (Lipinski definition) is 2. The minimum atomic E-state index is 0.708. The van der Waals surface area contributed by atoms with E-state index in [2.05, 4.69) is 50.5 Å². The van der Waals surface area contributed by atoms with Crippen LogP contribution in [0, 0.1) is 0 Å². The smallest absolute Gasteiger partial charge is 0.142 e. The number of piperazine rings is 1. The van der Waals surface area contributed by atoms with Crippen molar-refractivity contribution in [3.05, 3.63) is 54.1 Å². The molecule has 0 unspecified atom stereocenters. The summed E-state index contributed by atoms with van der Waals surface area (Å²) < 4.78 is 0. The zero-order valence-electron chi connectivity index (χ0n) is 12.1. The van der Waals surface area contributed by atoms with Gasteiger partial charge in [-0.2, -0.15) is 0 Å². The molecule has 2 aromatic rings. The highest BCUT2D eigenvalue weighted by Crippen LogP contribution is 2.16. The van der Waals surface area contributed by atoms with Crippen LogP contribution in [0.2, 0.25) is 0 Å². The normalized spacial score (nSPS) is 16.0. The molecule has 110 valence electrons. The zero-order chi connectivity index (χ0) is 14.5. The third-order valence-electron chi connectivity index (χ3n) is 3.83. The van der Waals surface area contributed by atoms with Crippen molar-refractivity contribution in [2.45, 2.75) is 6.54 Å². The Morgan fingerprint density at radius 1 is 0.952 bits per heavy atom. The number of nitrogen functional groups attached to an aromatic ring is 1. The lowest BCUT2D eigenvalue weighted by atomic mass is 10.2. The molecule has 0 amide bonds. The number of hydrazine groups is 1. The zero-order valence-corrected chi connectivity index (χ0v) is 12.1. The van der Waals surface area contributed by atoms with E-state index in [-0.39, 0.29) is 0 Å². The molecule has 1 aliphatic heterocycles. The minimum absolute atomic E-state index is 0.708. The van der Waals surface area contributed by atoms with E-state index in [0.29, 0.717) is 5.82 Å². The van der Waals surface area contributed by atoms with Gasteiger partial charge in [-0.1, -0.05) is 36.4 Å². The summed E-state index contributed by atoms with van der Waals surface area (Å²) in [5.41, 5.74) is 3.97. The third-order valence-corrected chi connectivity index (χ3v) is 3.83. The van der Waals surface area contributed by atoms with E-state index in [0.717, 1.165) is 38.5 Å². The molecule has 1 aromatic carbocycles. The monoisotopic (exact) mass is 283 g/mol. The van der Waals surface area contributed by atoms with Gasteiger partial charge in [0.15, 0.2) is 0 Å². The molecule has 3 rings (SSSR count). The van der Waals surface area contributed by atoms with Crippen LogP contribution in [0.4, 0.5) is 11.6 Å². The van der Waals surface area contributed by atoms with Gasteiger partial charge in [-0.3, -0.25) is 4.90 Å². The van der Waals surface area contributed by atoms with E-state index < -0.39 is 0 Å². The predicted octanol–water partition coefficient (Wildman–Crippen LogP) is 1.69. The number of hydrogen-bond acceptors (Lipinski definition) is 5. The lowest BCUT2D eigenvalue weighted by Crippen LogP contribution is -2.46. The van der Waals surface area contributed by atoms with E-state index in [4.69, 9.17) is 5.84 Å². The first-order valence-corrected chi connectivity index (χ1v) is 7.30. The van der Waals surface area contributed by atoms with Gasteiger partial charge in [0.1, 0.15) is 11.6 Å². The number of nitrogens with two attached hydrogens (primary N) is 1. The average molecular weight is 283 g/mol.